The molecule has 0 radical (unpaired) electrons. The van der Waals surface area contributed by atoms with Crippen molar-refractivity contribution >= 4 is 20.0 Å². The third-order valence-electron chi connectivity index (χ3n) is 2.24. The zero-order valence-electron chi connectivity index (χ0n) is 14.4. The topological polar surface area (TPSA) is 98.7 Å². The number of carbonyl (C=O) groups is 2. The second-order valence-electron chi connectivity index (χ2n) is 4.31. The van der Waals surface area contributed by atoms with Gasteiger partial charge in [0.15, 0.2) is 0 Å². The summed E-state index contributed by atoms with van der Waals surface area (Å²) >= 11 is 0.450. The van der Waals surface area contributed by atoms with E-state index in [0.717, 1.165) is 25.3 Å². The van der Waals surface area contributed by atoms with Crippen LogP contribution in [0.15, 0.2) is 48.5 Å². The Balaban J connectivity index is 0.000000609. The molecule has 0 saturated heterocycles. The third-order valence-corrected chi connectivity index (χ3v) is 4.17. The molecule has 25 heavy (non-hydrogen) atoms. The molecule has 0 amide bonds. The van der Waals surface area contributed by atoms with Crippen molar-refractivity contribution < 1.29 is 47.3 Å². The van der Waals surface area contributed by atoms with E-state index < -0.39 is 11.9 Å². The van der Waals surface area contributed by atoms with Gasteiger partial charge >= 0.3 is 110 Å². The molecule has 2 aromatic carbocycles. The number of ether oxygens (including phenoxy) is 2. The van der Waals surface area contributed by atoms with Crippen LogP contribution in [0.1, 0.15) is 13.8 Å². The molecular formula is C18H20O6Pd. The molecule has 7 heteroatoms. The zero-order valence-corrected chi connectivity index (χ0v) is 15.9. The molecular weight excluding hydrogens is 419 g/mol. The normalized spacial score (nSPS) is 8.96. The molecule has 0 heterocycles. The van der Waals surface area contributed by atoms with Gasteiger partial charge in [0.1, 0.15) is 0 Å². The maximum absolute atomic E-state index is 8.89. The minimum atomic E-state index is -1.08. The molecule has 0 aliphatic carbocycles. The Labute approximate surface area is 155 Å². The Morgan fingerprint density at radius 3 is 1.16 bits per heavy atom. The Hall–Kier alpha value is -2.36. The molecule has 0 saturated carbocycles. The molecule has 6 nitrogen and oxygen atoms in total. The van der Waals surface area contributed by atoms with Crippen LogP contribution < -0.4 is 27.8 Å². The number of methoxy groups -OCH3 is 2. The Bertz CT molecular complexity index is 572. The standard InChI is InChI=1S/2C7H7O.2C2H4O2.Pd/c2*1-8-7-5-3-2-4-6-7;2*1-2(3)4;/h2*3-6H,1H3;2*1H3,(H,3,4);/q;;;;+2/p-2. The van der Waals surface area contributed by atoms with E-state index in [1.807, 2.05) is 24.3 Å². The van der Waals surface area contributed by atoms with Gasteiger partial charge in [-0.1, -0.05) is 0 Å². The number of aliphatic carboxylic acids is 2. The van der Waals surface area contributed by atoms with Crippen LogP contribution >= 0.6 is 0 Å². The van der Waals surface area contributed by atoms with E-state index in [1.165, 1.54) is 8.07 Å². The van der Waals surface area contributed by atoms with E-state index in [0.29, 0.717) is 18.0 Å². The van der Waals surface area contributed by atoms with E-state index in [-0.39, 0.29) is 0 Å². The zero-order chi connectivity index (χ0) is 19.2. The first-order valence-corrected chi connectivity index (χ1v) is 8.55. The van der Waals surface area contributed by atoms with Gasteiger partial charge in [-0.15, -0.1) is 0 Å². The summed E-state index contributed by atoms with van der Waals surface area (Å²) in [4.78, 5) is 17.8. The van der Waals surface area contributed by atoms with Crippen LogP contribution in [0.25, 0.3) is 0 Å². The molecule has 0 spiro atoms. The van der Waals surface area contributed by atoms with Gasteiger partial charge in [-0.05, 0) is 13.8 Å². The van der Waals surface area contributed by atoms with Crippen molar-refractivity contribution in [2.45, 2.75) is 13.8 Å². The van der Waals surface area contributed by atoms with Gasteiger partial charge in [-0.2, -0.15) is 0 Å². The van der Waals surface area contributed by atoms with E-state index in [4.69, 9.17) is 29.3 Å². The molecule has 0 bridgehead atoms. The van der Waals surface area contributed by atoms with Gasteiger partial charge < -0.3 is 19.8 Å². The van der Waals surface area contributed by atoms with Crippen molar-refractivity contribution in [3.8, 4) is 11.5 Å². The Morgan fingerprint density at radius 1 is 0.720 bits per heavy atom. The molecule has 2 aromatic rings. The van der Waals surface area contributed by atoms with Crippen LogP contribution in [0, 0.1) is 0 Å². The Morgan fingerprint density at radius 2 is 0.960 bits per heavy atom. The second-order valence-corrected chi connectivity index (χ2v) is 6.49. The van der Waals surface area contributed by atoms with E-state index in [1.54, 1.807) is 14.2 Å². The van der Waals surface area contributed by atoms with Crippen molar-refractivity contribution in [3.63, 3.8) is 0 Å². The molecule has 0 fully saturated rings. The average Bonchev–Trinajstić information content (AvgIpc) is 2.55. The number of hydrogen-bond acceptors (Lipinski definition) is 6. The number of hydrogen-bond donors (Lipinski definition) is 0. The molecule has 138 valence electrons. The number of carbonyl (C=O) groups excluding carboxylic acids is 2. The first kappa shape index (κ1) is 22.6. The van der Waals surface area contributed by atoms with E-state index in [2.05, 4.69) is 24.3 Å². The summed E-state index contributed by atoms with van der Waals surface area (Å²) in [5, 5.41) is 17.8. The van der Waals surface area contributed by atoms with Gasteiger partial charge in [0.05, 0.1) is 0 Å². The summed E-state index contributed by atoms with van der Waals surface area (Å²) in [5.41, 5.74) is 0. The van der Waals surface area contributed by atoms with E-state index in [9.17, 15) is 0 Å². The molecule has 0 atom stereocenters. The molecule has 0 aromatic heterocycles. The van der Waals surface area contributed by atoms with Crippen LogP contribution in [0.4, 0.5) is 0 Å². The number of benzene rings is 2. The molecule has 0 unspecified atom stereocenters. The summed E-state index contributed by atoms with van der Waals surface area (Å²) in [6, 6.07) is 16.4. The van der Waals surface area contributed by atoms with Crippen molar-refractivity contribution in [3.05, 3.63) is 48.5 Å². The average molecular weight is 439 g/mol. The number of carboxylic acids is 2. The van der Waals surface area contributed by atoms with Gasteiger partial charge in [0.2, 0.25) is 0 Å². The van der Waals surface area contributed by atoms with Gasteiger partial charge in [-0.3, -0.25) is 0 Å². The van der Waals surface area contributed by atoms with Crippen molar-refractivity contribution in [1.82, 2.24) is 0 Å². The fourth-order valence-corrected chi connectivity index (χ4v) is 2.89. The number of rotatable bonds is 4. The minimum absolute atomic E-state index is 0.450. The first-order valence-electron chi connectivity index (χ1n) is 7.00. The fraction of sp³-hybridized carbons (Fsp3) is 0.222. The third kappa shape index (κ3) is 12.7. The molecule has 2 rings (SSSR count). The quantitative estimate of drug-likeness (QED) is 0.583. The predicted octanol–water partition coefficient (Wildman–Crippen LogP) is -0.750. The summed E-state index contributed by atoms with van der Waals surface area (Å²) in [6.07, 6.45) is 0. The van der Waals surface area contributed by atoms with Crippen LogP contribution in [0.2, 0.25) is 0 Å². The maximum atomic E-state index is 8.89. The van der Waals surface area contributed by atoms with Crippen LogP contribution in [0.5, 0.6) is 11.5 Å². The van der Waals surface area contributed by atoms with Gasteiger partial charge in [-0.25, -0.2) is 0 Å². The van der Waals surface area contributed by atoms with Crippen LogP contribution in [-0.4, -0.2) is 26.2 Å². The van der Waals surface area contributed by atoms with Gasteiger partial charge in [0, 0.05) is 11.9 Å². The monoisotopic (exact) mass is 438 g/mol. The number of carboxylic acid groups (broad SMARTS) is 2. The van der Waals surface area contributed by atoms with Crippen molar-refractivity contribution in [2.75, 3.05) is 14.2 Å². The van der Waals surface area contributed by atoms with Gasteiger partial charge in [0.25, 0.3) is 0 Å². The second kappa shape index (κ2) is 13.0. The molecule has 0 aliphatic heterocycles. The first-order chi connectivity index (χ1) is 11.8. The predicted molar refractivity (Wildman–Crippen MR) is 86.6 cm³/mol. The molecule has 0 aliphatic rings. The fourth-order valence-electron chi connectivity index (χ4n) is 1.33. The summed E-state index contributed by atoms with van der Waals surface area (Å²) in [5.74, 6) is -0.366. The van der Waals surface area contributed by atoms with Crippen LogP contribution in [-0.2, 0) is 27.6 Å². The Kier molecular flexibility index (Phi) is 11.8. The van der Waals surface area contributed by atoms with Crippen LogP contribution in [0.3, 0.4) is 0 Å². The SMILES string of the molecule is CC(=O)[O-].CC(=O)[O-].COc1cc[c]([Pd+2][c]2ccc(OC)cc2)cc1. The van der Waals surface area contributed by atoms with Crippen molar-refractivity contribution in [2.24, 2.45) is 0 Å². The molecule has 0 N–H and O–H groups in total. The van der Waals surface area contributed by atoms with Crippen molar-refractivity contribution in [1.29, 1.82) is 0 Å². The van der Waals surface area contributed by atoms with E-state index >= 15 is 0 Å². The summed E-state index contributed by atoms with van der Waals surface area (Å²) in [6.45, 7) is 1.94. The summed E-state index contributed by atoms with van der Waals surface area (Å²) in [7, 11) is 3.37. The summed E-state index contributed by atoms with van der Waals surface area (Å²) < 4.78 is 12.9.